The number of hydrogen-bond acceptors (Lipinski definition) is 2. The molecule has 1 rings (SSSR count). The summed E-state index contributed by atoms with van der Waals surface area (Å²) in [5.41, 5.74) is 0.463. The van der Waals surface area contributed by atoms with Crippen molar-refractivity contribution in [3.63, 3.8) is 0 Å². The van der Waals surface area contributed by atoms with E-state index in [1.807, 2.05) is 0 Å². The van der Waals surface area contributed by atoms with Gasteiger partial charge in [0.1, 0.15) is 0 Å². The summed E-state index contributed by atoms with van der Waals surface area (Å²) in [6, 6.07) is 3.65. The minimum atomic E-state index is -4.49. The van der Waals surface area contributed by atoms with Gasteiger partial charge in [-0.2, -0.15) is 13.2 Å². The van der Waals surface area contributed by atoms with Gasteiger partial charge in [-0.15, -0.1) is 0 Å². The molecule has 0 aliphatic heterocycles. The lowest BCUT2D eigenvalue weighted by molar-refractivity contribution is -0.157. The molecule has 1 atom stereocenters. The van der Waals surface area contributed by atoms with E-state index in [4.69, 9.17) is 28.3 Å². The van der Waals surface area contributed by atoms with E-state index in [1.165, 1.54) is 25.1 Å². The molecule has 0 bridgehead atoms. The standard InChI is InChI=1S/C12H12Cl2F3NO2/c1-7(8-2-3-9(13)10(14)4-8)18(5-11(19)20)6-12(15,16)17/h2-4,7H,5-6H2,1H3,(H,19,20). The summed E-state index contributed by atoms with van der Waals surface area (Å²) in [7, 11) is 0. The Balaban J connectivity index is 2.99. The Morgan fingerprint density at radius 3 is 2.40 bits per heavy atom. The lowest BCUT2D eigenvalue weighted by Gasteiger charge is -2.28. The number of benzene rings is 1. The smallest absolute Gasteiger partial charge is 0.401 e. The van der Waals surface area contributed by atoms with Crippen molar-refractivity contribution in [2.24, 2.45) is 0 Å². The van der Waals surface area contributed by atoms with E-state index in [0.29, 0.717) is 5.56 Å². The van der Waals surface area contributed by atoms with Crippen LogP contribution < -0.4 is 0 Å². The molecule has 0 radical (unpaired) electrons. The molecule has 0 aliphatic carbocycles. The van der Waals surface area contributed by atoms with Gasteiger partial charge in [0.25, 0.3) is 0 Å². The fraction of sp³-hybridized carbons (Fsp3) is 0.417. The van der Waals surface area contributed by atoms with Crippen LogP contribution in [-0.4, -0.2) is 35.2 Å². The van der Waals surface area contributed by atoms with Crippen LogP contribution in [0.5, 0.6) is 0 Å². The van der Waals surface area contributed by atoms with Gasteiger partial charge in [0, 0.05) is 6.04 Å². The Hall–Kier alpha value is -0.980. The highest BCUT2D eigenvalue weighted by atomic mass is 35.5. The maximum absolute atomic E-state index is 12.5. The third-order valence-electron chi connectivity index (χ3n) is 2.69. The van der Waals surface area contributed by atoms with Crippen molar-refractivity contribution >= 4 is 29.2 Å². The van der Waals surface area contributed by atoms with Crippen molar-refractivity contribution in [2.75, 3.05) is 13.1 Å². The predicted molar refractivity (Wildman–Crippen MR) is 70.1 cm³/mol. The van der Waals surface area contributed by atoms with E-state index in [0.717, 1.165) is 4.90 Å². The first-order chi connectivity index (χ1) is 9.10. The Morgan fingerprint density at radius 2 is 1.95 bits per heavy atom. The number of carboxylic acids is 1. The van der Waals surface area contributed by atoms with Gasteiger partial charge >= 0.3 is 12.1 Å². The number of alkyl halides is 3. The summed E-state index contributed by atoms with van der Waals surface area (Å²) < 4.78 is 37.5. The van der Waals surface area contributed by atoms with Crippen LogP contribution in [0.4, 0.5) is 13.2 Å². The summed E-state index contributed by atoms with van der Waals surface area (Å²) in [5.74, 6) is -1.33. The van der Waals surface area contributed by atoms with E-state index in [2.05, 4.69) is 0 Å². The van der Waals surface area contributed by atoms with Crippen LogP contribution in [0.3, 0.4) is 0 Å². The van der Waals surface area contributed by atoms with Crippen molar-refractivity contribution in [1.29, 1.82) is 0 Å². The summed E-state index contributed by atoms with van der Waals surface area (Å²) >= 11 is 11.5. The fourth-order valence-electron chi connectivity index (χ4n) is 1.72. The van der Waals surface area contributed by atoms with Crippen LogP contribution in [-0.2, 0) is 4.79 Å². The maximum atomic E-state index is 12.5. The zero-order valence-corrected chi connectivity index (χ0v) is 11.9. The second-order valence-electron chi connectivity index (χ2n) is 4.26. The first-order valence-electron chi connectivity index (χ1n) is 5.57. The molecule has 0 aromatic heterocycles. The molecule has 20 heavy (non-hydrogen) atoms. The van der Waals surface area contributed by atoms with Crippen LogP contribution in [0.2, 0.25) is 10.0 Å². The average molecular weight is 330 g/mol. The molecular weight excluding hydrogens is 318 g/mol. The Kier molecular flexibility index (Phi) is 5.68. The van der Waals surface area contributed by atoms with Crippen LogP contribution in [0.15, 0.2) is 18.2 Å². The van der Waals surface area contributed by atoms with Crippen LogP contribution in [0.25, 0.3) is 0 Å². The molecule has 0 amide bonds. The quantitative estimate of drug-likeness (QED) is 0.887. The summed E-state index contributed by atoms with van der Waals surface area (Å²) in [4.78, 5) is 11.5. The number of carboxylic acid groups (broad SMARTS) is 1. The highest BCUT2D eigenvalue weighted by Gasteiger charge is 2.34. The van der Waals surface area contributed by atoms with Gasteiger partial charge in [-0.1, -0.05) is 29.3 Å². The van der Waals surface area contributed by atoms with Crippen molar-refractivity contribution in [2.45, 2.75) is 19.1 Å². The molecule has 1 unspecified atom stereocenters. The molecule has 1 aromatic rings. The maximum Gasteiger partial charge on any atom is 0.401 e. The number of nitrogens with zero attached hydrogens (tertiary/aromatic N) is 1. The molecule has 0 saturated heterocycles. The second-order valence-corrected chi connectivity index (χ2v) is 5.08. The minimum absolute atomic E-state index is 0.207. The van der Waals surface area contributed by atoms with Gasteiger partial charge in [-0.05, 0) is 24.6 Å². The number of aliphatic carboxylic acids is 1. The molecule has 1 aromatic carbocycles. The Bertz CT molecular complexity index is 494. The van der Waals surface area contributed by atoms with Gasteiger partial charge in [0.05, 0.1) is 23.1 Å². The lowest BCUT2D eigenvalue weighted by atomic mass is 10.1. The van der Waals surface area contributed by atoms with Crippen molar-refractivity contribution < 1.29 is 23.1 Å². The molecule has 1 N–H and O–H groups in total. The molecule has 8 heteroatoms. The molecule has 0 fully saturated rings. The Morgan fingerprint density at radius 1 is 1.35 bits per heavy atom. The van der Waals surface area contributed by atoms with E-state index in [1.54, 1.807) is 0 Å². The average Bonchev–Trinajstić information content (AvgIpc) is 2.28. The molecule has 0 aliphatic rings. The van der Waals surface area contributed by atoms with Gasteiger partial charge in [-0.25, -0.2) is 0 Å². The van der Waals surface area contributed by atoms with Gasteiger partial charge in [0.15, 0.2) is 0 Å². The molecule has 3 nitrogen and oxygen atoms in total. The summed E-state index contributed by atoms with van der Waals surface area (Å²) in [6.07, 6.45) is -4.49. The van der Waals surface area contributed by atoms with Crippen molar-refractivity contribution in [3.8, 4) is 0 Å². The van der Waals surface area contributed by atoms with Gasteiger partial charge in [0.2, 0.25) is 0 Å². The topological polar surface area (TPSA) is 40.5 Å². The largest absolute Gasteiger partial charge is 0.480 e. The van der Waals surface area contributed by atoms with Crippen molar-refractivity contribution in [1.82, 2.24) is 4.90 Å². The van der Waals surface area contributed by atoms with Crippen LogP contribution in [0.1, 0.15) is 18.5 Å². The van der Waals surface area contributed by atoms with Crippen LogP contribution in [0, 0.1) is 0 Å². The monoisotopic (exact) mass is 329 g/mol. The first-order valence-corrected chi connectivity index (χ1v) is 6.33. The normalized spacial score (nSPS) is 13.6. The Labute approximate surface area is 123 Å². The molecule has 0 saturated carbocycles. The first kappa shape index (κ1) is 17.1. The van der Waals surface area contributed by atoms with Crippen molar-refractivity contribution in [3.05, 3.63) is 33.8 Å². The molecule has 112 valence electrons. The summed E-state index contributed by atoms with van der Waals surface area (Å²) in [5, 5.41) is 9.21. The van der Waals surface area contributed by atoms with E-state index >= 15 is 0 Å². The molecule has 0 heterocycles. The highest BCUT2D eigenvalue weighted by molar-refractivity contribution is 6.42. The molecule has 0 spiro atoms. The van der Waals surface area contributed by atoms with E-state index < -0.39 is 31.3 Å². The van der Waals surface area contributed by atoms with E-state index in [-0.39, 0.29) is 10.0 Å². The van der Waals surface area contributed by atoms with E-state index in [9.17, 15) is 18.0 Å². The predicted octanol–water partition coefficient (Wildman–Crippen LogP) is 4.00. The fourth-order valence-corrected chi connectivity index (χ4v) is 2.02. The third-order valence-corrected chi connectivity index (χ3v) is 3.43. The summed E-state index contributed by atoms with van der Waals surface area (Å²) in [6.45, 7) is -0.560. The zero-order chi connectivity index (χ0) is 15.5. The van der Waals surface area contributed by atoms with Crippen LogP contribution >= 0.6 is 23.2 Å². The van der Waals surface area contributed by atoms with Gasteiger partial charge in [-0.3, -0.25) is 9.69 Å². The highest BCUT2D eigenvalue weighted by Crippen LogP contribution is 2.29. The number of rotatable bonds is 5. The second kappa shape index (κ2) is 6.65. The van der Waals surface area contributed by atoms with Gasteiger partial charge < -0.3 is 5.11 Å². The lowest BCUT2D eigenvalue weighted by Crippen LogP contribution is -2.39. The third kappa shape index (κ3) is 5.19. The zero-order valence-electron chi connectivity index (χ0n) is 10.4. The SMILES string of the molecule is CC(c1ccc(Cl)c(Cl)c1)N(CC(=O)O)CC(F)(F)F. The number of hydrogen-bond donors (Lipinski definition) is 1. The number of halogens is 5. The number of carbonyl (C=O) groups is 1. The minimum Gasteiger partial charge on any atom is -0.480 e. The molecular formula is C12H12Cl2F3NO2.